The zero-order chi connectivity index (χ0) is 28.4. The van der Waals surface area contributed by atoms with E-state index in [2.05, 4.69) is 80.7 Å². The van der Waals surface area contributed by atoms with E-state index in [4.69, 9.17) is 4.74 Å². The molecule has 216 valence electrons. The topological polar surface area (TPSA) is 60.1 Å². The fraction of sp³-hybridized carbons (Fsp3) is 0.581. The summed E-state index contributed by atoms with van der Waals surface area (Å²) < 4.78 is 5.63. The van der Waals surface area contributed by atoms with Gasteiger partial charge in [0.2, 0.25) is 0 Å². The van der Waals surface area contributed by atoms with Gasteiger partial charge in [0.25, 0.3) is 0 Å². The number of nitrogens with zero attached hydrogens (tertiary/aromatic N) is 3. The van der Waals surface area contributed by atoms with E-state index in [9.17, 15) is 4.79 Å². The first-order valence-corrected chi connectivity index (χ1v) is 15.1. The summed E-state index contributed by atoms with van der Waals surface area (Å²) in [5.74, 6) is 0. The number of carbonyl (C=O) groups excluding carboxylic acids is 1. The maximum Gasteiger partial charge on any atom is 0.410 e. The molecule has 2 unspecified atom stereocenters. The number of halogens is 1. The molecule has 0 saturated carbocycles. The van der Waals surface area contributed by atoms with Gasteiger partial charge in [0.15, 0.2) is 0 Å². The third-order valence-electron chi connectivity index (χ3n) is 7.26. The molecule has 2 saturated heterocycles. The van der Waals surface area contributed by atoms with Crippen LogP contribution < -0.4 is 10.6 Å². The van der Waals surface area contributed by atoms with Gasteiger partial charge in [0.1, 0.15) is 5.60 Å². The van der Waals surface area contributed by atoms with Crippen LogP contribution in [0.1, 0.15) is 51.8 Å². The number of ether oxygens (including phenoxy) is 1. The van der Waals surface area contributed by atoms with Gasteiger partial charge in [0, 0.05) is 65.3 Å². The molecule has 1 aromatic rings. The molecule has 8 heteroatoms. The number of fused-ring (bicyclic) bond motifs is 2. The molecule has 3 heterocycles. The summed E-state index contributed by atoms with van der Waals surface area (Å²) >= 11 is 4.64. The van der Waals surface area contributed by atoms with Crippen LogP contribution in [0.5, 0.6) is 0 Å². The molecule has 1 aliphatic carbocycles. The standard InChI is InChI=1S/C28H39N5O2.C2H6.CH3Cl/c1-28(2,3)35-27(34)33-17-15-32(16-18-33)26-24-9-5-4-8-23(24)22(20-31-13-11-29-12-14-31)19-21-7-6-10-30-25(21)26;2*1-2/h4-10,19,25-26,29-30H,11-18,20H2,1-3H3;1-2H3;1H3. The second-order valence-electron chi connectivity index (χ2n) is 10.9. The molecule has 2 N–H and O–H groups in total. The Kier molecular flexibility index (Phi) is 11.9. The Morgan fingerprint density at radius 3 is 2.36 bits per heavy atom. The van der Waals surface area contributed by atoms with Crippen molar-refractivity contribution in [3.63, 3.8) is 0 Å². The lowest BCUT2D eigenvalue weighted by Crippen LogP contribution is -2.54. The van der Waals surface area contributed by atoms with Gasteiger partial charge in [-0.3, -0.25) is 9.80 Å². The summed E-state index contributed by atoms with van der Waals surface area (Å²) in [5.41, 5.74) is 4.97. The Morgan fingerprint density at radius 1 is 1.03 bits per heavy atom. The molecular formula is C31H48ClN5O2. The molecule has 2 atom stereocenters. The van der Waals surface area contributed by atoms with Crippen LogP contribution in [0.25, 0.3) is 5.57 Å². The van der Waals surface area contributed by atoms with Crippen molar-refractivity contribution in [3.05, 3.63) is 65.4 Å². The number of hydrogen-bond donors (Lipinski definition) is 2. The van der Waals surface area contributed by atoms with Crippen LogP contribution in [0.3, 0.4) is 0 Å². The molecular weight excluding hydrogens is 510 g/mol. The highest BCUT2D eigenvalue weighted by Crippen LogP contribution is 2.39. The third-order valence-corrected chi connectivity index (χ3v) is 7.26. The smallest absolute Gasteiger partial charge is 0.410 e. The molecule has 1 amide bonds. The number of allylic oxidation sites excluding steroid dienone is 2. The van der Waals surface area contributed by atoms with Crippen LogP contribution in [0.2, 0.25) is 0 Å². The summed E-state index contributed by atoms with van der Waals surface area (Å²) in [6.45, 7) is 18.0. The maximum atomic E-state index is 12.6. The van der Waals surface area contributed by atoms with Crippen LogP contribution in [-0.2, 0) is 4.74 Å². The van der Waals surface area contributed by atoms with Crippen molar-refractivity contribution in [2.75, 3.05) is 65.3 Å². The maximum absolute atomic E-state index is 12.6. The van der Waals surface area contributed by atoms with Crippen molar-refractivity contribution in [2.24, 2.45) is 0 Å². The van der Waals surface area contributed by atoms with Crippen molar-refractivity contribution in [3.8, 4) is 0 Å². The first-order valence-electron chi connectivity index (χ1n) is 14.3. The molecule has 7 nitrogen and oxygen atoms in total. The van der Waals surface area contributed by atoms with Crippen LogP contribution in [-0.4, -0.2) is 97.7 Å². The predicted molar refractivity (Wildman–Crippen MR) is 163 cm³/mol. The monoisotopic (exact) mass is 557 g/mol. The predicted octanol–water partition coefficient (Wildman–Crippen LogP) is 4.88. The summed E-state index contributed by atoms with van der Waals surface area (Å²) in [6, 6.07) is 9.29. The van der Waals surface area contributed by atoms with Crippen molar-refractivity contribution < 1.29 is 9.53 Å². The van der Waals surface area contributed by atoms with Crippen LogP contribution in [0.4, 0.5) is 4.79 Å². The molecule has 0 radical (unpaired) electrons. The van der Waals surface area contributed by atoms with Gasteiger partial charge in [-0.05, 0) is 55.3 Å². The van der Waals surface area contributed by atoms with Crippen molar-refractivity contribution >= 4 is 23.3 Å². The highest BCUT2D eigenvalue weighted by Gasteiger charge is 2.38. The Morgan fingerprint density at radius 2 is 1.69 bits per heavy atom. The average molecular weight is 558 g/mol. The highest BCUT2D eigenvalue weighted by molar-refractivity contribution is 6.15. The van der Waals surface area contributed by atoms with E-state index < -0.39 is 5.60 Å². The molecule has 3 aliphatic heterocycles. The second-order valence-corrected chi connectivity index (χ2v) is 10.9. The quantitative estimate of drug-likeness (QED) is 0.517. The summed E-state index contributed by atoms with van der Waals surface area (Å²) in [4.78, 5) is 19.6. The molecule has 0 aromatic heterocycles. The SMILES string of the molecule is CC.CC(C)(C)OC(=O)N1CCN(C2c3ccccc3C(CN3CCNCC3)=CC3=CC=CNC32)CC1.CCl. The number of nitrogens with one attached hydrogen (secondary N) is 2. The molecule has 1 aromatic carbocycles. The lowest BCUT2D eigenvalue weighted by atomic mass is 9.90. The van der Waals surface area contributed by atoms with Crippen molar-refractivity contribution in [2.45, 2.75) is 52.3 Å². The van der Waals surface area contributed by atoms with Gasteiger partial charge >= 0.3 is 6.09 Å². The molecule has 4 aliphatic rings. The Bertz CT molecular complexity index is 1020. The number of rotatable bonds is 3. The Balaban J connectivity index is 0.00000100. The van der Waals surface area contributed by atoms with Gasteiger partial charge in [-0.1, -0.05) is 50.3 Å². The van der Waals surface area contributed by atoms with Crippen LogP contribution in [0.15, 0.2) is 54.3 Å². The molecule has 0 spiro atoms. The summed E-state index contributed by atoms with van der Waals surface area (Å²) in [6.07, 6.45) is 10.1. The minimum absolute atomic E-state index is 0.176. The average Bonchev–Trinajstić information content (AvgIpc) is 3.09. The number of benzene rings is 1. The summed E-state index contributed by atoms with van der Waals surface area (Å²) in [7, 11) is 0. The van der Waals surface area contributed by atoms with Crippen molar-refractivity contribution in [1.29, 1.82) is 0 Å². The normalized spacial score (nSPS) is 23.2. The fourth-order valence-corrected chi connectivity index (χ4v) is 5.59. The largest absolute Gasteiger partial charge is 0.444 e. The fourth-order valence-electron chi connectivity index (χ4n) is 5.59. The van der Waals surface area contributed by atoms with Gasteiger partial charge in [0.05, 0.1) is 12.1 Å². The number of piperazine rings is 2. The van der Waals surface area contributed by atoms with Gasteiger partial charge in [-0.2, -0.15) is 0 Å². The van der Waals surface area contributed by atoms with Crippen LogP contribution in [0, 0.1) is 0 Å². The van der Waals surface area contributed by atoms with E-state index in [1.54, 1.807) is 0 Å². The number of dihydropyridines is 1. The Hall–Kier alpha value is -2.32. The number of amides is 1. The van der Waals surface area contributed by atoms with E-state index in [1.165, 1.54) is 28.7 Å². The van der Waals surface area contributed by atoms with E-state index in [1.807, 2.05) is 39.5 Å². The zero-order valence-corrected chi connectivity index (χ0v) is 25.4. The molecule has 39 heavy (non-hydrogen) atoms. The van der Waals surface area contributed by atoms with Gasteiger partial charge in [-0.15, -0.1) is 11.6 Å². The van der Waals surface area contributed by atoms with Crippen LogP contribution >= 0.6 is 11.6 Å². The first kappa shape index (κ1) is 31.2. The van der Waals surface area contributed by atoms with Crippen molar-refractivity contribution in [1.82, 2.24) is 25.3 Å². The summed E-state index contributed by atoms with van der Waals surface area (Å²) in [5, 5.41) is 7.14. The first-order chi connectivity index (χ1) is 18.9. The van der Waals surface area contributed by atoms with Gasteiger partial charge in [-0.25, -0.2) is 4.79 Å². The minimum atomic E-state index is -0.473. The lowest BCUT2D eigenvalue weighted by molar-refractivity contribution is 0.00900. The number of alkyl halides is 1. The Labute approximate surface area is 240 Å². The molecule has 2 fully saturated rings. The third kappa shape index (κ3) is 8.10. The van der Waals surface area contributed by atoms with E-state index in [0.717, 1.165) is 45.8 Å². The number of hydrogen-bond acceptors (Lipinski definition) is 6. The zero-order valence-electron chi connectivity index (χ0n) is 24.7. The van der Waals surface area contributed by atoms with E-state index in [-0.39, 0.29) is 18.2 Å². The minimum Gasteiger partial charge on any atom is -0.444 e. The lowest BCUT2D eigenvalue weighted by Gasteiger charge is -2.43. The highest BCUT2D eigenvalue weighted by atomic mass is 35.5. The van der Waals surface area contributed by atoms with Gasteiger partial charge < -0.3 is 20.3 Å². The molecule has 0 bridgehead atoms. The van der Waals surface area contributed by atoms with E-state index >= 15 is 0 Å². The number of carbonyl (C=O) groups is 1. The van der Waals surface area contributed by atoms with E-state index in [0.29, 0.717) is 13.1 Å². The second kappa shape index (κ2) is 14.9. The molecule has 5 rings (SSSR count).